The lowest BCUT2D eigenvalue weighted by Crippen LogP contribution is -2.20. The Morgan fingerprint density at radius 1 is 1.14 bits per heavy atom. The van der Waals surface area contributed by atoms with Gasteiger partial charge in [-0.25, -0.2) is 13.2 Å². The van der Waals surface area contributed by atoms with Gasteiger partial charge in [0, 0.05) is 11.1 Å². The Hall–Kier alpha value is -2.84. The van der Waals surface area contributed by atoms with Crippen molar-refractivity contribution in [3.05, 3.63) is 64.5 Å². The summed E-state index contributed by atoms with van der Waals surface area (Å²) in [6, 6.07) is 12.8. The fourth-order valence-corrected chi connectivity index (χ4v) is 7.33. The first kappa shape index (κ1) is 25.3. The molecule has 4 rings (SSSR count). The molecular weight excluding hydrogens is 482 g/mol. The van der Waals surface area contributed by atoms with Gasteiger partial charge in [-0.05, 0) is 78.6 Å². The van der Waals surface area contributed by atoms with Crippen molar-refractivity contribution >= 4 is 33.0 Å². The van der Waals surface area contributed by atoms with Crippen molar-refractivity contribution in [2.45, 2.75) is 56.6 Å². The number of methoxy groups -OCH3 is 1. The largest absolute Gasteiger partial charge is 0.494 e. The van der Waals surface area contributed by atoms with Gasteiger partial charge in [0.2, 0.25) is 0 Å². The number of carboxylic acids is 1. The molecule has 0 radical (unpaired) electrons. The molecule has 1 aromatic heterocycles. The van der Waals surface area contributed by atoms with Crippen LogP contribution in [-0.2, 0) is 10.0 Å². The lowest BCUT2D eigenvalue weighted by Gasteiger charge is -2.34. The molecule has 0 saturated heterocycles. The Labute approximate surface area is 211 Å². The summed E-state index contributed by atoms with van der Waals surface area (Å²) in [5.41, 5.74) is 3.78. The van der Waals surface area contributed by atoms with Gasteiger partial charge in [0.1, 0.15) is 9.96 Å². The molecule has 1 fully saturated rings. The smallest absolute Gasteiger partial charge is 0.336 e. The van der Waals surface area contributed by atoms with E-state index in [0.717, 1.165) is 29.7 Å². The molecular formula is C27H31NO5S2. The Morgan fingerprint density at radius 2 is 1.86 bits per heavy atom. The summed E-state index contributed by atoms with van der Waals surface area (Å²) in [4.78, 5) is 11.5. The second kappa shape index (κ2) is 9.66. The third-order valence-corrected chi connectivity index (χ3v) is 9.82. The molecule has 35 heavy (non-hydrogen) atoms. The average molecular weight is 514 g/mol. The summed E-state index contributed by atoms with van der Waals surface area (Å²) in [6.45, 7) is 6.23. The SMILES string of the molecule is COc1c(NS(=O)(=O)c2sccc2-c2cccc(C3CCC(C)(C)CC3)c2)ccc(C(=O)O)c1C. The minimum Gasteiger partial charge on any atom is -0.494 e. The van der Waals surface area contributed by atoms with E-state index in [4.69, 9.17) is 4.74 Å². The maximum Gasteiger partial charge on any atom is 0.336 e. The summed E-state index contributed by atoms with van der Waals surface area (Å²) >= 11 is 1.15. The van der Waals surface area contributed by atoms with Crippen molar-refractivity contribution in [1.82, 2.24) is 0 Å². The van der Waals surface area contributed by atoms with Gasteiger partial charge >= 0.3 is 5.97 Å². The van der Waals surface area contributed by atoms with E-state index in [2.05, 4.69) is 30.7 Å². The van der Waals surface area contributed by atoms with Crippen molar-refractivity contribution in [3.63, 3.8) is 0 Å². The first-order valence-electron chi connectivity index (χ1n) is 11.6. The molecule has 2 N–H and O–H groups in total. The van der Waals surface area contributed by atoms with Gasteiger partial charge in [-0.15, -0.1) is 11.3 Å². The number of carboxylic acid groups (broad SMARTS) is 1. The van der Waals surface area contributed by atoms with E-state index in [9.17, 15) is 18.3 Å². The Kier molecular flexibility index (Phi) is 6.97. The van der Waals surface area contributed by atoms with Gasteiger partial charge in [-0.2, -0.15) is 0 Å². The first-order chi connectivity index (χ1) is 16.5. The molecule has 0 atom stereocenters. The van der Waals surface area contributed by atoms with Crippen LogP contribution in [0.4, 0.5) is 5.69 Å². The first-order valence-corrected chi connectivity index (χ1v) is 14.0. The fourth-order valence-electron chi connectivity index (χ4n) is 4.87. The van der Waals surface area contributed by atoms with E-state index in [1.54, 1.807) is 12.3 Å². The minimum absolute atomic E-state index is 0.0597. The van der Waals surface area contributed by atoms with Gasteiger partial charge < -0.3 is 9.84 Å². The molecule has 0 amide bonds. The average Bonchev–Trinajstić information content (AvgIpc) is 3.30. The van der Waals surface area contributed by atoms with Crippen molar-refractivity contribution in [2.24, 2.45) is 5.41 Å². The van der Waals surface area contributed by atoms with Gasteiger partial charge in [0.05, 0.1) is 18.4 Å². The van der Waals surface area contributed by atoms with E-state index in [-0.39, 0.29) is 21.2 Å². The predicted molar refractivity (Wildman–Crippen MR) is 140 cm³/mol. The predicted octanol–water partition coefficient (Wildman–Crippen LogP) is 6.91. The number of ether oxygens (including phenoxy) is 1. The van der Waals surface area contributed by atoms with Crippen LogP contribution >= 0.6 is 11.3 Å². The topological polar surface area (TPSA) is 92.7 Å². The van der Waals surface area contributed by atoms with Gasteiger partial charge in [-0.1, -0.05) is 38.1 Å². The van der Waals surface area contributed by atoms with Crippen LogP contribution in [0.5, 0.6) is 5.75 Å². The van der Waals surface area contributed by atoms with Gasteiger partial charge in [-0.3, -0.25) is 4.72 Å². The van der Waals surface area contributed by atoms with Crippen LogP contribution in [-0.4, -0.2) is 26.6 Å². The Balaban J connectivity index is 1.65. The number of carbonyl (C=O) groups is 1. The normalized spacial score (nSPS) is 16.1. The summed E-state index contributed by atoms with van der Waals surface area (Å²) < 4.78 is 35.1. The van der Waals surface area contributed by atoms with Crippen LogP contribution in [0.15, 0.2) is 52.1 Å². The van der Waals surface area contributed by atoms with Crippen LogP contribution in [0.25, 0.3) is 11.1 Å². The number of thiophene rings is 1. The number of anilines is 1. The highest BCUT2D eigenvalue weighted by Gasteiger charge is 2.28. The molecule has 6 nitrogen and oxygen atoms in total. The second-order valence-corrected chi connectivity index (χ2v) is 12.7. The minimum atomic E-state index is -3.94. The van der Waals surface area contributed by atoms with E-state index in [1.807, 2.05) is 18.2 Å². The van der Waals surface area contributed by atoms with Crippen molar-refractivity contribution in [3.8, 4) is 16.9 Å². The number of hydrogen-bond donors (Lipinski definition) is 2. The molecule has 1 aliphatic rings. The summed E-state index contributed by atoms with van der Waals surface area (Å²) in [5, 5.41) is 11.1. The zero-order valence-corrected chi connectivity index (χ0v) is 22.1. The van der Waals surface area contributed by atoms with Crippen LogP contribution in [0, 0.1) is 12.3 Å². The summed E-state index contributed by atoms with van der Waals surface area (Å²) in [7, 11) is -2.55. The number of nitrogens with one attached hydrogen (secondary N) is 1. The maximum absolute atomic E-state index is 13.4. The van der Waals surface area contributed by atoms with Crippen molar-refractivity contribution < 1.29 is 23.1 Å². The molecule has 1 aliphatic carbocycles. The Bertz CT molecular complexity index is 1350. The standard InChI is InChI=1S/C27H31NO5S2/c1-17-21(25(29)30)8-9-23(24(17)33-4)28-35(31,32)26-22(12-15-34-26)20-7-5-6-19(16-20)18-10-13-27(2,3)14-11-18/h5-9,12,15-16,18,28H,10-11,13-14H2,1-4H3,(H,29,30). The number of sulfonamides is 1. The third-order valence-electron chi connectivity index (χ3n) is 6.97. The van der Waals surface area contributed by atoms with Crippen molar-refractivity contribution in [2.75, 3.05) is 11.8 Å². The van der Waals surface area contributed by atoms with E-state index >= 15 is 0 Å². The summed E-state index contributed by atoms with van der Waals surface area (Å²) in [6.07, 6.45) is 4.65. The van der Waals surface area contributed by atoms with Crippen LogP contribution in [0.3, 0.4) is 0 Å². The monoisotopic (exact) mass is 513 g/mol. The van der Waals surface area contributed by atoms with Crippen LogP contribution in [0.2, 0.25) is 0 Å². The quantitative estimate of drug-likeness (QED) is 0.358. The maximum atomic E-state index is 13.4. The molecule has 8 heteroatoms. The Morgan fingerprint density at radius 3 is 2.51 bits per heavy atom. The second-order valence-electron chi connectivity index (χ2n) is 9.92. The lowest BCUT2D eigenvalue weighted by molar-refractivity contribution is 0.0695. The van der Waals surface area contributed by atoms with E-state index in [1.165, 1.54) is 37.6 Å². The zero-order valence-electron chi connectivity index (χ0n) is 20.4. The van der Waals surface area contributed by atoms with Gasteiger partial charge in [0.15, 0.2) is 0 Å². The van der Waals surface area contributed by atoms with Gasteiger partial charge in [0.25, 0.3) is 10.0 Å². The number of hydrogen-bond acceptors (Lipinski definition) is 5. The number of aromatic carboxylic acids is 1. The lowest BCUT2D eigenvalue weighted by atomic mass is 9.71. The molecule has 0 bridgehead atoms. The molecule has 0 spiro atoms. The van der Waals surface area contributed by atoms with Crippen molar-refractivity contribution in [1.29, 1.82) is 0 Å². The molecule has 2 aromatic carbocycles. The molecule has 1 saturated carbocycles. The molecule has 0 aliphatic heterocycles. The fraction of sp³-hybridized carbons (Fsp3) is 0.370. The molecule has 186 valence electrons. The zero-order chi connectivity index (χ0) is 25.4. The highest BCUT2D eigenvalue weighted by atomic mass is 32.2. The van der Waals surface area contributed by atoms with E-state index < -0.39 is 16.0 Å². The number of rotatable bonds is 7. The molecule has 0 unspecified atom stereocenters. The molecule has 3 aromatic rings. The summed E-state index contributed by atoms with van der Waals surface area (Å²) in [5.74, 6) is -0.425. The van der Waals surface area contributed by atoms with Crippen LogP contribution in [0.1, 0.15) is 66.9 Å². The number of benzene rings is 2. The third kappa shape index (κ3) is 5.23. The highest BCUT2D eigenvalue weighted by molar-refractivity contribution is 7.94. The van der Waals surface area contributed by atoms with E-state index in [0.29, 0.717) is 22.5 Å². The highest BCUT2D eigenvalue weighted by Crippen LogP contribution is 2.43. The molecule has 1 heterocycles. The van der Waals surface area contributed by atoms with Crippen LogP contribution < -0.4 is 9.46 Å².